The Labute approximate surface area is 938 Å². The van der Waals surface area contributed by atoms with Gasteiger partial charge in [0.15, 0.2) is 0 Å². The number of hydrogen-bond acceptors (Lipinski definition) is 10. The summed E-state index contributed by atoms with van der Waals surface area (Å²) in [7, 11) is 6.21. The van der Waals surface area contributed by atoms with E-state index in [4.69, 9.17) is 4.98 Å². The van der Waals surface area contributed by atoms with Gasteiger partial charge in [-0.15, -0.1) is 219 Å². The molecule has 14 nitrogen and oxygen atoms in total. The van der Waals surface area contributed by atoms with E-state index in [-0.39, 0.29) is 89.5 Å². The summed E-state index contributed by atoms with van der Waals surface area (Å²) in [5.74, 6) is 0. The zero-order valence-corrected chi connectivity index (χ0v) is 88.5. The minimum absolute atomic E-state index is 0. The number of rotatable bonds is 12. The molecule has 149 heavy (non-hydrogen) atoms. The molecule has 0 atom stereocenters. The molecule has 734 valence electrons. The van der Waals surface area contributed by atoms with Crippen molar-refractivity contribution in [3.05, 3.63) is 478 Å². The van der Waals surface area contributed by atoms with E-state index >= 15 is 0 Å². The Morgan fingerprint density at radius 1 is 0.362 bits per heavy atom. The second-order valence-electron chi connectivity index (χ2n) is 35.5. The van der Waals surface area contributed by atoms with Gasteiger partial charge < -0.3 is 47.1 Å². The molecule has 0 spiro atoms. The molecule has 0 fully saturated rings. The third kappa shape index (κ3) is 17.5. The van der Waals surface area contributed by atoms with Crippen LogP contribution in [0, 0.1) is 72.8 Å². The van der Waals surface area contributed by atoms with Crippen molar-refractivity contribution in [2.45, 2.75) is 9.79 Å². The van der Waals surface area contributed by atoms with Gasteiger partial charge in [-0.3, -0.25) is 9.67 Å². The molecule has 0 saturated heterocycles. The van der Waals surface area contributed by atoms with E-state index in [0.29, 0.717) is 0 Å². The maximum absolute atomic E-state index is 4.71. The number of aryl methyl sites for hydroxylation is 2. The van der Waals surface area contributed by atoms with Gasteiger partial charge in [0.2, 0.25) is 0 Å². The SMILES string of the molecule is CN1c2ccc(-c3cn(C)c4c3[n-]c[n+]4C)[c-]c2N(c2[c-]c(-c3cccc4sc[c-]c34)ccc2)c2ccccc21.[Ag].[Ag].[Ag].[Ag].[c-]1c(-c2ccccn2)cccc1N1c2[c-]c(-n3ccc4ccc[c-]c43)ccc2Sc2ccccc21.[c-]1c(-n2ccc3ccc[c-]c32)cccc1-n1c2[c-]c(-n3ncc4ccccc43)ccc2c2ccccc21.[c-]1ccccc1-c1[c-]c2c(cc1)c1ccccc1n2-c1[c-]c(-c2csc3scnc23)ccc1. The fourth-order valence-corrected chi connectivity index (χ4v) is 23.8. The molecule has 11 aromatic heterocycles. The van der Waals surface area contributed by atoms with Crippen LogP contribution in [0.4, 0.5) is 45.5 Å². The summed E-state index contributed by atoms with van der Waals surface area (Å²) in [5, 5.41) is 18.2. The van der Waals surface area contributed by atoms with Crippen LogP contribution in [0.25, 0.3) is 191 Å². The van der Waals surface area contributed by atoms with Gasteiger partial charge >= 0.3 is 0 Å². The zero-order valence-electron chi connectivity index (χ0n) is 79.3. The number of thiophene rings is 2. The van der Waals surface area contributed by atoms with Crippen molar-refractivity contribution < 1.29 is 94.1 Å². The molecule has 2 aliphatic heterocycles. The number of pyridine rings is 1. The van der Waals surface area contributed by atoms with Crippen LogP contribution >= 0.6 is 45.8 Å². The number of fused-ring (bicyclic) bond motifs is 16. The standard InChI is InChI=1S/C34H24N5S.C33H19N4.C31H18N3S.C29H15N2S2.4Ag/c1-36-20-27(33-34(36)37(2)21-35-33)23-14-15-29-31(19-23)39(30-12-5-4-11-28(30)38(29)3)24-9-6-8-22(18-24)25-10-7-13-32-26(25)16-17-40-32;1-4-13-30-23(8-1)18-19-35(30)25-10-7-11-26(20-25)36-32-15-6-3-12-28(32)29-17-16-27(21-33(29)36)37-31-14-5-2-9-24(31)22-34-37;1-2-12-27-22(8-1)17-19-33(27)24-15-16-31-29(21-24)34(28-13-3-4-14-30(28)35-31)25-10-7-9-23(20-25)26-11-5-6-18-32-26;1-2-7-19(8-3-1)20-13-14-24-23-11-4-5-12-26(23)31(27(24)16-20)22-10-6-9-21(15-22)25-17-32-29-28(25)30-18-33-29;;;;/h4-15,17,20-21H,1-3H3;1-12,14-19,22H;1-11,13-19H;1-7,9-14,17-18H;;;;/q4*-3;;;;. The molecular weight excluding hydrogens is 2280 g/mol. The van der Waals surface area contributed by atoms with Gasteiger partial charge in [0.1, 0.15) is 5.65 Å². The molecule has 13 heterocycles. The number of thiazole rings is 1. The van der Waals surface area contributed by atoms with E-state index in [1.807, 2.05) is 114 Å². The van der Waals surface area contributed by atoms with Crippen LogP contribution in [0.5, 0.6) is 0 Å². The first-order chi connectivity index (χ1) is 71.6. The molecule has 2 aliphatic rings. The summed E-state index contributed by atoms with van der Waals surface area (Å²) in [6, 6.07) is 165. The van der Waals surface area contributed by atoms with Crippen LogP contribution in [0.15, 0.2) is 415 Å². The average molecular weight is 2360 g/mol. The van der Waals surface area contributed by atoms with Gasteiger partial charge in [0, 0.05) is 138 Å². The number of nitrogens with zero attached hydrogens (tertiary/aromatic N) is 14. The van der Waals surface area contributed by atoms with Crippen molar-refractivity contribution in [3.63, 3.8) is 0 Å². The number of aromatic nitrogens is 11. The summed E-state index contributed by atoms with van der Waals surface area (Å²) in [4.78, 5) is 23.0. The van der Waals surface area contributed by atoms with Crippen LogP contribution in [0.2, 0.25) is 0 Å². The molecule has 30 rings (SSSR count). The predicted octanol–water partition coefficient (Wildman–Crippen LogP) is 31.1. The van der Waals surface area contributed by atoms with Crippen molar-refractivity contribution >= 4 is 198 Å². The fraction of sp³-hybridized carbons (Fsp3) is 0.0236. The molecule has 4 radical (unpaired) electrons. The monoisotopic (exact) mass is 2350 g/mol. The Morgan fingerprint density at radius 3 is 1.70 bits per heavy atom. The zero-order chi connectivity index (χ0) is 96.3. The summed E-state index contributed by atoms with van der Waals surface area (Å²) in [6.45, 7) is 0. The van der Waals surface area contributed by atoms with Crippen molar-refractivity contribution in [2.24, 2.45) is 14.1 Å². The molecule has 28 aromatic rings. The molecule has 0 bridgehead atoms. The van der Waals surface area contributed by atoms with E-state index in [9.17, 15) is 0 Å². The molecule has 0 unspecified atom stereocenters. The normalized spacial score (nSPS) is 11.8. The molecule has 0 aliphatic carbocycles. The van der Waals surface area contributed by atoms with E-state index in [0.717, 1.165) is 217 Å². The second kappa shape index (κ2) is 41.3. The fourth-order valence-electron chi connectivity index (χ4n) is 20.3. The van der Waals surface area contributed by atoms with E-state index < -0.39 is 0 Å². The summed E-state index contributed by atoms with van der Waals surface area (Å²) >= 11 is 6.92. The van der Waals surface area contributed by atoms with Gasteiger partial charge in [0.25, 0.3) is 0 Å². The van der Waals surface area contributed by atoms with Gasteiger partial charge in [-0.2, -0.15) is 137 Å². The third-order valence-electron chi connectivity index (χ3n) is 27.0. The molecule has 0 saturated carbocycles. The Kier molecular flexibility index (Phi) is 27.0. The Bertz CT molecular complexity index is 9910. The van der Waals surface area contributed by atoms with Gasteiger partial charge in [0.05, 0.1) is 55.7 Å². The smallest absolute Gasteiger partial charge is 0.129 e. The number of hydrogen-bond donors (Lipinski definition) is 0. The Morgan fingerprint density at radius 2 is 0.953 bits per heavy atom. The molecule has 22 heteroatoms. The number of para-hydroxylation sites is 8. The first-order valence-electron chi connectivity index (χ1n) is 47.4. The van der Waals surface area contributed by atoms with Crippen molar-refractivity contribution in [1.82, 2.24) is 47.6 Å². The van der Waals surface area contributed by atoms with Gasteiger partial charge in [-0.05, 0) is 129 Å². The minimum atomic E-state index is 0. The number of imidazole rings is 1. The van der Waals surface area contributed by atoms with E-state index in [1.165, 1.54) is 29.8 Å². The van der Waals surface area contributed by atoms with Crippen molar-refractivity contribution in [1.29, 1.82) is 0 Å². The molecule has 0 N–H and O–H groups in total. The molecule has 0 amide bonds. The first kappa shape index (κ1) is 97.4. The van der Waals surface area contributed by atoms with Crippen LogP contribution in [0.1, 0.15) is 0 Å². The Hall–Kier alpha value is -14.9. The quantitative estimate of drug-likeness (QED) is 0.0678. The maximum atomic E-state index is 4.71. The summed E-state index contributed by atoms with van der Waals surface area (Å²) < 4.78 is 17.4. The largest absolute Gasteiger partial charge is 0.381 e. The number of benzene rings is 17. The summed E-state index contributed by atoms with van der Waals surface area (Å²) in [6.07, 6.45) is 11.9. The van der Waals surface area contributed by atoms with Gasteiger partial charge in [-0.25, -0.2) is 27.4 Å². The summed E-state index contributed by atoms with van der Waals surface area (Å²) in [5.41, 5.74) is 36.1. The van der Waals surface area contributed by atoms with Crippen molar-refractivity contribution in [2.75, 3.05) is 21.7 Å². The topological polar surface area (TPSA) is 96.0 Å². The van der Waals surface area contributed by atoms with Crippen LogP contribution in [0.3, 0.4) is 0 Å². The predicted molar refractivity (Wildman–Crippen MR) is 593 cm³/mol. The minimum Gasteiger partial charge on any atom is -0.381 e. The Balaban J connectivity index is 0.000000108. The van der Waals surface area contributed by atoms with E-state index in [1.54, 1.807) is 45.8 Å². The third-order valence-corrected chi connectivity index (χ3v) is 30.9. The maximum Gasteiger partial charge on any atom is 0.129 e. The van der Waals surface area contributed by atoms with Gasteiger partial charge in [-0.1, -0.05) is 180 Å². The van der Waals surface area contributed by atoms with Crippen molar-refractivity contribution in [3.8, 4) is 84.2 Å². The second-order valence-corrected chi connectivity index (χ2v) is 39.5. The molecule has 17 aromatic carbocycles. The van der Waals surface area contributed by atoms with Crippen LogP contribution in [-0.2, 0) is 104 Å². The van der Waals surface area contributed by atoms with E-state index in [2.05, 4.69) is 447 Å². The number of anilines is 8. The van der Waals surface area contributed by atoms with Crippen LogP contribution in [-0.4, -0.2) is 49.6 Å². The average Bonchev–Trinajstić information content (AvgIpc) is 1.69. The van der Waals surface area contributed by atoms with Crippen LogP contribution < -0.4 is 24.3 Å². The molecular formula is C127H76Ag4N14S4-12. The first-order valence-corrected chi connectivity index (χ1v) is 50.9.